The zero-order chi connectivity index (χ0) is 20.0. The second-order valence-electron chi connectivity index (χ2n) is 6.22. The highest BCUT2D eigenvalue weighted by Gasteiger charge is 2.21. The molecule has 0 unspecified atom stereocenters. The molecule has 0 fully saturated rings. The van der Waals surface area contributed by atoms with Gasteiger partial charge in [-0.25, -0.2) is 12.8 Å². The fraction of sp³-hybridized carbons (Fsp3) is 0.316. The number of hydrogen-bond donors (Lipinski definition) is 1. The van der Waals surface area contributed by atoms with Gasteiger partial charge in [0, 0.05) is 6.54 Å². The van der Waals surface area contributed by atoms with Crippen molar-refractivity contribution in [1.29, 1.82) is 0 Å². The van der Waals surface area contributed by atoms with Gasteiger partial charge in [0.1, 0.15) is 11.6 Å². The molecule has 0 radical (unpaired) electrons. The molecule has 6 nitrogen and oxygen atoms in total. The summed E-state index contributed by atoms with van der Waals surface area (Å²) in [6, 6.07) is 12.4. The van der Waals surface area contributed by atoms with Crippen molar-refractivity contribution in [3.63, 3.8) is 0 Å². The first-order valence-electron chi connectivity index (χ1n) is 8.32. The molecule has 1 N–H and O–H groups in total. The summed E-state index contributed by atoms with van der Waals surface area (Å²) in [4.78, 5) is 12.3. The highest BCUT2D eigenvalue weighted by atomic mass is 32.2. The van der Waals surface area contributed by atoms with E-state index in [1.165, 1.54) is 24.3 Å². The Hall–Kier alpha value is -2.45. The fourth-order valence-electron chi connectivity index (χ4n) is 2.51. The van der Waals surface area contributed by atoms with E-state index in [1.54, 1.807) is 19.2 Å². The number of rotatable bonds is 8. The molecule has 0 bridgehead atoms. The minimum Gasteiger partial charge on any atom is -0.497 e. The smallest absolute Gasteiger partial charge is 0.235 e. The lowest BCUT2D eigenvalue weighted by atomic mass is 10.1. The maximum Gasteiger partial charge on any atom is 0.235 e. The van der Waals surface area contributed by atoms with Gasteiger partial charge in [0.2, 0.25) is 15.9 Å². The fourth-order valence-corrected chi connectivity index (χ4v) is 3.24. The molecule has 0 aliphatic heterocycles. The first-order valence-corrected chi connectivity index (χ1v) is 10.2. The lowest BCUT2D eigenvalue weighted by Gasteiger charge is -2.21. The number of carbonyl (C=O) groups is 1. The maximum absolute atomic E-state index is 13.0. The summed E-state index contributed by atoms with van der Waals surface area (Å²) < 4.78 is 43.2. The van der Waals surface area contributed by atoms with Gasteiger partial charge in [-0.05, 0) is 42.3 Å². The van der Waals surface area contributed by atoms with Crippen LogP contribution in [0.2, 0.25) is 0 Å². The third-order valence-electron chi connectivity index (χ3n) is 4.05. The number of nitrogens with one attached hydrogen (secondary N) is 1. The minimum atomic E-state index is -3.62. The highest BCUT2D eigenvalue weighted by molar-refractivity contribution is 7.88. The topological polar surface area (TPSA) is 75.7 Å². The van der Waals surface area contributed by atoms with Crippen molar-refractivity contribution >= 4 is 15.9 Å². The van der Waals surface area contributed by atoms with Gasteiger partial charge in [-0.2, -0.15) is 4.31 Å². The molecule has 0 spiro atoms. The minimum absolute atomic E-state index is 0.0105. The standard InChI is InChI=1S/C19H23FN2O4S/c1-14(16-6-10-18(26-2)11-7-16)21-19(23)13-22(27(3,24)25)12-15-4-8-17(20)9-5-15/h4-11,14H,12-13H2,1-3H3,(H,21,23)/t14-/m1/s1. The van der Waals surface area contributed by atoms with Crippen molar-refractivity contribution < 1.29 is 22.3 Å². The van der Waals surface area contributed by atoms with E-state index in [1.807, 2.05) is 19.1 Å². The average molecular weight is 394 g/mol. The van der Waals surface area contributed by atoms with E-state index in [9.17, 15) is 17.6 Å². The zero-order valence-electron chi connectivity index (χ0n) is 15.5. The zero-order valence-corrected chi connectivity index (χ0v) is 16.3. The summed E-state index contributed by atoms with van der Waals surface area (Å²) in [5.74, 6) is -0.124. The molecule has 1 atom stereocenters. The van der Waals surface area contributed by atoms with Crippen LogP contribution in [-0.2, 0) is 21.4 Å². The number of amides is 1. The SMILES string of the molecule is COc1ccc([C@@H](C)NC(=O)CN(Cc2ccc(F)cc2)S(C)(=O)=O)cc1. The first-order chi connectivity index (χ1) is 12.7. The van der Waals surface area contributed by atoms with Gasteiger partial charge < -0.3 is 10.1 Å². The molecule has 0 heterocycles. The summed E-state index contributed by atoms with van der Waals surface area (Å²) in [5.41, 5.74) is 1.46. The highest BCUT2D eigenvalue weighted by Crippen LogP contribution is 2.17. The van der Waals surface area contributed by atoms with Gasteiger partial charge in [-0.1, -0.05) is 24.3 Å². The molecule has 2 rings (SSSR count). The van der Waals surface area contributed by atoms with Crippen LogP contribution in [0.15, 0.2) is 48.5 Å². The monoisotopic (exact) mass is 394 g/mol. The van der Waals surface area contributed by atoms with Gasteiger partial charge in [0.15, 0.2) is 0 Å². The molecule has 0 aromatic heterocycles. The second-order valence-corrected chi connectivity index (χ2v) is 8.20. The lowest BCUT2D eigenvalue weighted by Crippen LogP contribution is -2.40. The Morgan fingerprint density at radius 1 is 1.15 bits per heavy atom. The molecule has 0 saturated heterocycles. The van der Waals surface area contributed by atoms with E-state index in [0.717, 1.165) is 16.1 Å². The average Bonchev–Trinajstić information content (AvgIpc) is 2.62. The van der Waals surface area contributed by atoms with Crippen LogP contribution in [0.3, 0.4) is 0 Å². The van der Waals surface area contributed by atoms with Crippen molar-refractivity contribution in [3.8, 4) is 5.75 Å². The number of sulfonamides is 1. The molecule has 0 aliphatic rings. The molecule has 2 aromatic rings. The van der Waals surface area contributed by atoms with Crippen LogP contribution in [0, 0.1) is 5.82 Å². The quantitative estimate of drug-likeness (QED) is 0.746. The largest absolute Gasteiger partial charge is 0.497 e. The van der Waals surface area contributed by atoms with Crippen molar-refractivity contribution in [2.75, 3.05) is 19.9 Å². The number of halogens is 1. The molecule has 146 valence electrons. The van der Waals surface area contributed by atoms with Gasteiger partial charge in [-0.3, -0.25) is 4.79 Å². The third kappa shape index (κ3) is 6.33. The van der Waals surface area contributed by atoms with E-state index in [4.69, 9.17) is 4.74 Å². The predicted molar refractivity (Wildman–Crippen MR) is 101 cm³/mol. The van der Waals surface area contributed by atoms with Gasteiger partial charge in [-0.15, -0.1) is 0 Å². The van der Waals surface area contributed by atoms with Crippen LogP contribution < -0.4 is 10.1 Å². The van der Waals surface area contributed by atoms with Crippen molar-refractivity contribution in [2.45, 2.75) is 19.5 Å². The Balaban J connectivity index is 2.03. The van der Waals surface area contributed by atoms with Crippen molar-refractivity contribution in [1.82, 2.24) is 9.62 Å². The summed E-state index contributed by atoms with van der Waals surface area (Å²) in [7, 11) is -2.04. The number of hydrogen-bond acceptors (Lipinski definition) is 4. The Morgan fingerprint density at radius 2 is 1.74 bits per heavy atom. The summed E-state index contributed by atoms with van der Waals surface area (Å²) in [6.07, 6.45) is 1.04. The lowest BCUT2D eigenvalue weighted by molar-refractivity contribution is -0.122. The molecular formula is C19H23FN2O4S. The Kier molecular flexibility index (Phi) is 6.92. The van der Waals surface area contributed by atoms with E-state index in [-0.39, 0.29) is 19.1 Å². The molecule has 0 aliphatic carbocycles. The third-order valence-corrected chi connectivity index (χ3v) is 5.25. The number of benzene rings is 2. The summed E-state index contributed by atoms with van der Waals surface area (Å²) in [5, 5.41) is 2.79. The van der Waals surface area contributed by atoms with Gasteiger partial charge >= 0.3 is 0 Å². The molecule has 2 aromatic carbocycles. The van der Waals surface area contributed by atoms with Gasteiger partial charge in [0.05, 0.1) is 26.0 Å². The number of nitrogens with zero attached hydrogens (tertiary/aromatic N) is 1. The molecular weight excluding hydrogens is 371 g/mol. The number of ether oxygens (including phenoxy) is 1. The number of carbonyl (C=O) groups excluding carboxylic acids is 1. The van der Waals surface area contributed by atoms with Crippen molar-refractivity contribution in [3.05, 3.63) is 65.5 Å². The maximum atomic E-state index is 13.0. The van der Waals surface area contributed by atoms with Crippen molar-refractivity contribution in [2.24, 2.45) is 0 Å². The summed E-state index contributed by atoms with van der Waals surface area (Å²) in [6.45, 7) is 1.48. The Labute approximate surface area is 159 Å². The first kappa shape index (κ1) is 20.9. The Bertz CT molecular complexity index is 868. The molecule has 0 saturated carbocycles. The molecule has 27 heavy (non-hydrogen) atoms. The van der Waals surface area contributed by atoms with Crippen LogP contribution in [0.5, 0.6) is 5.75 Å². The van der Waals surface area contributed by atoms with Crippen LogP contribution in [0.25, 0.3) is 0 Å². The van der Waals surface area contributed by atoms with Crippen LogP contribution in [0.1, 0.15) is 24.1 Å². The normalized spacial score (nSPS) is 12.6. The van der Waals surface area contributed by atoms with E-state index in [2.05, 4.69) is 5.32 Å². The number of methoxy groups -OCH3 is 1. The van der Waals surface area contributed by atoms with E-state index >= 15 is 0 Å². The summed E-state index contributed by atoms with van der Waals surface area (Å²) >= 11 is 0. The van der Waals surface area contributed by atoms with E-state index in [0.29, 0.717) is 11.3 Å². The van der Waals surface area contributed by atoms with Crippen LogP contribution in [0.4, 0.5) is 4.39 Å². The van der Waals surface area contributed by atoms with Gasteiger partial charge in [0.25, 0.3) is 0 Å². The molecule has 1 amide bonds. The Morgan fingerprint density at radius 3 is 2.26 bits per heavy atom. The van der Waals surface area contributed by atoms with E-state index < -0.39 is 21.7 Å². The molecule has 8 heteroatoms. The predicted octanol–water partition coefficient (Wildman–Crippen LogP) is 2.47. The second kappa shape index (κ2) is 8.96. The van der Waals surface area contributed by atoms with Crippen LogP contribution in [-0.4, -0.2) is 38.5 Å². The van der Waals surface area contributed by atoms with Crippen LogP contribution >= 0.6 is 0 Å².